The lowest BCUT2D eigenvalue weighted by molar-refractivity contribution is 0.531. The van der Waals surface area contributed by atoms with Crippen LogP contribution in [0.2, 0.25) is 0 Å². The summed E-state index contributed by atoms with van der Waals surface area (Å²) in [6.45, 7) is 2.08. The van der Waals surface area contributed by atoms with E-state index in [1.54, 1.807) is 17.8 Å². The van der Waals surface area contributed by atoms with Gasteiger partial charge in [0.25, 0.3) is 5.56 Å². The number of halogens is 2. The van der Waals surface area contributed by atoms with Crippen molar-refractivity contribution < 1.29 is 4.39 Å². The second kappa shape index (κ2) is 6.46. The number of piperidine rings is 1. The molecule has 0 saturated carbocycles. The minimum Gasteiger partial charge on any atom is -0.317 e. The Hall–Kier alpha value is -0.920. The molecule has 1 aliphatic rings. The molecule has 1 fully saturated rings. The van der Waals surface area contributed by atoms with Gasteiger partial charge in [0.2, 0.25) is 0 Å². The number of nitrogens with one attached hydrogen (secondary N) is 2. The van der Waals surface area contributed by atoms with Crippen molar-refractivity contribution in [3.05, 3.63) is 38.6 Å². The lowest BCUT2D eigenvalue weighted by Crippen LogP contribution is -2.29. The normalized spacial score (nSPS) is 16.5. The van der Waals surface area contributed by atoms with Gasteiger partial charge in [-0.05, 0) is 38.1 Å². The van der Waals surface area contributed by atoms with Crippen LogP contribution in [0, 0.1) is 5.82 Å². The van der Waals surface area contributed by atoms with Crippen molar-refractivity contribution in [2.24, 2.45) is 0 Å². The van der Waals surface area contributed by atoms with Crippen molar-refractivity contribution in [2.45, 2.75) is 23.8 Å². The van der Waals surface area contributed by atoms with Crippen LogP contribution in [0.5, 0.6) is 0 Å². The van der Waals surface area contributed by atoms with E-state index < -0.39 is 11.4 Å². The van der Waals surface area contributed by atoms with Gasteiger partial charge in [-0.3, -0.25) is 4.79 Å². The Morgan fingerprint density at radius 3 is 2.90 bits per heavy atom. The molecule has 1 aromatic carbocycles. The van der Waals surface area contributed by atoms with Crippen LogP contribution in [0.15, 0.2) is 21.4 Å². The third-order valence-corrected chi connectivity index (χ3v) is 5.36. The van der Waals surface area contributed by atoms with Gasteiger partial charge in [-0.2, -0.15) is 11.8 Å². The maximum Gasteiger partial charge on any atom is 0.261 e. The zero-order valence-electron chi connectivity index (χ0n) is 11.3. The smallest absolute Gasteiger partial charge is 0.261 e. The van der Waals surface area contributed by atoms with Crippen LogP contribution in [-0.4, -0.2) is 28.3 Å². The second-order valence-electron chi connectivity index (χ2n) is 5.05. The van der Waals surface area contributed by atoms with Gasteiger partial charge in [0.1, 0.15) is 17.0 Å². The molecule has 1 saturated heterocycles. The van der Waals surface area contributed by atoms with E-state index in [-0.39, 0.29) is 5.39 Å². The number of aromatic amines is 1. The average Bonchev–Trinajstić information content (AvgIpc) is 2.45. The van der Waals surface area contributed by atoms with Crippen molar-refractivity contribution in [3.8, 4) is 0 Å². The van der Waals surface area contributed by atoms with Crippen LogP contribution in [0.1, 0.15) is 18.7 Å². The summed E-state index contributed by atoms with van der Waals surface area (Å²) in [5, 5.41) is 3.94. The summed E-state index contributed by atoms with van der Waals surface area (Å²) >= 11 is 5.03. The van der Waals surface area contributed by atoms with Crippen LogP contribution < -0.4 is 10.9 Å². The lowest BCUT2D eigenvalue weighted by Gasteiger charge is -2.21. The number of benzene rings is 1. The highest BCUT2D eigenvalue weighted by Gasteiger charge is 2.15. The van der Waals surface area contributed by atoms with E-state index in [0.29, 0.717) is 26.8 Å². The first-order valence-electron chi connectivity index (χ1n) is 6.84. The first-order valence-corrected chi connectivity index (χ1v) is 8.68. The molecule has 2 aromatic rings. The van der Waals surface area contributed by atoms with E-state index in [0.717, 1.165) is 25.9 Å². The Bertz CT molecular complexity index is 715. The zero-order chi connectivity index (χ0) is 14.8. The van der Waals surface area contributed by atoms with Gasteiger partial charge in [-0.1, -0.05) is 15.9 Å². The number of rotatable bonds is 3. The Labute approximate surface area is 134 Å². The molecule has 112 valence electrons. The second-order valence-corrected chi connectivity index (χ2v) is 7.26. The largest absolute Gasteiger partial charge is 0.317 e. The fourth-order valence-electron chi connectivity index (χ4n) is 2.47. The first-order chi connectivity index (χ1) is 10.1. The molecule has 0 radical (unpaired) electrons. The summed E-state index contributed by atoms with van der Waals surface area (Å²) in [7, 11) is 0. The molecule has 2 heterocycles. The average molecular weight is 372 g/mol. The molecule has 0 spiro atoms. The summed E-state index contributed by atoms with van der Waals surface area (Å²) in [4.78, 5) is 19.1. The highest BCUT2D eigenvalue weighted by Crippen LogP contribution is 2.24. The van der Waals surface area contributed by atoms with E-state index >= 15 is 0 Å². The zero-order valence-corrected chi connectivity index (χ0v) is 13.7. The molecule has 0 aliphatic carbocycles. The van der Waals surface area contributed by atoms with Gasteiger partial charge in [-0.15, -0.1) is 0 Å². The van der Waals surface area contributed by atoms with E-state index in [2.05, 4.69) is 31.2 Å². The molecule has 3 rings (SSSR count). The van der Waals surface area contributed by atoms with Crippen molar-refractivity contribution >= 4 is 38.6 Å². The molecule has 0 bridgehead atoms. The molecule has 1 aliphatic heterocycles. The third-order valence-electron chi connectivity index (χ3n) is 3.52. The molecule has 4 nitrogen and oxygen atoms in total. The van der Waals surface area contributed by atoms with Crippen LogP contribution in [0.4, 0.5) is 4.39 Å². The summed E-state index contributed by atoms with van der Waals surface area (Å²) in [5.41, 5.74) is -0.0163. The SMILES string of the molecule is O=c1[nH]c(CSC2CCNCC2)nc2cc(Br)cc(F)c12. The molecule has 2 N–H and O–H groups in total. The standard InChI is InChI=1S/C14H15BrFN3OS/c15-8-5-10(16)13-11(6-8)18-12(19-14(13)20)7-21-9-1-3-17-4-2-9/h5-6,9,17H,1-4,7H2,(H,18,19,20). The number of fused-ring (bicyclic) bond motifs is 1. The Balaban J connectivity index is 1.84. The van der Waals surface area contributed by atoms with Crippen molar-refractivity contribution in [2.75, 3.05) is 13.1 Å². The third kappa shape index (κ3) is 3.46. The maximum atomic E-state index is 13.8. The fraction of sp³-hybridized carbons (Fsp3) is 0.429. The highest BCUT2D eigenvalue weighted by atomic mass is 79.9. The van der Waals surface area contributed by atoms with Gasteiger partial charge in [0, 0.05) is 9.72 Å². The molecule has 7 heteroatoms. The minimum atomic E-state index is -0.550. The topological polar surface area (TPSA) is 57.8 Å². The van der Waals surface area contributed by atoms with Gasteiger partial charge < -0.3 is 10.3 Å². The minimum absolute atomic E-state index is 0.0221. The molecular weight excluding hydrogens is 357 g/mol. The van der Waals surface area contributed by atoms with E-state index in [1.165, 1.54) is 6.07 Å². The van der Waals surface area contributed by atoms with Crippen LogP contribution in [-0.2, 0) is 5.75 Å². The van der Waals surface area contributed by atoms with Gasteiger partial charge in [-0.25, -0.2) is 9.37 Å². The van der Waals surface area contributed by atoms with Crippen molar-refractivity contribution in [1.29, 1.82) is 0 Å². The molecule has 21 heavy (non-hydrogen) atoms. The number of aromatic nitrogens is 2. The molecular formula is C14H15BrFN3OS. The summed E-state index contributed by atoms with van der Waals surface area (Å²) < 4.78 is 14.4. The number of nitrogens with zero attached hydrogens (tertiary/aromatic N) is 1. The summed E-state index contributed by atoms with van der Waals surface area (Å²) in [5.74, 6) is 0.698. The van der Waals surface area contributed by atoms with Crippen molar-refractivity contribution in [3.63, 3.8) is 0 Å². The van der Waals surface area contributed by atoms with Crippen molar-refractivity contribution in [1.82, 2.24) is 15.3 Å². The molecule has 1 aromatic heterocycles. The number of hydrogen-bond acceptors (Lipinski definition) is 4. The molecule has 0 atom stereocenters. The van der Waals surface area contributed by atoms with E-state index in [1.807, 2.05) is 0 Å². The fourth-order valence-corrected chi connectivity index (χ4v) is 3.98. The monoisotopic (exact) mass is 371 g/mol. The molecule has 0 unspecified atom stereocenters. The van der Waals surface area contributed by atoms with Crippen LogP contribution in [0.25, 0.3) is 10.9 Å². The quantitative estimate of drug-likeness (QED) is 0.870. The summed E-state index contributed by atoms with van der Waals surface area (Å²) in [6, 6.07) is 2.95. The summed E-state index contributed by atoms with van der Waals surface area (Å²) in [6.07, 6.45) is 2.26. The predicted octanol–water partition coefficient (Wildman–Crippen LogP) is 2.81. The number of H-pyrrole nitrogens is 1. The van der Waals surface area contributed by atoms with E-state index in [4.69, 9.17) is 0 Å². The maximum absolute atomic E-state index is 13.8. The number of thioether (sulfide) groups is 1. The van der Waals surface area contributed by atoms with Crippen LogP contribution in [0.3, 0.4) is 0 Å². The van der Waals surface area contributed by atoms with Crippen LogP contribution >= 0.6 is 27.7 Å². The Morgan fingerprint density at radius 2 is 2.14 bits per heavy atom. The van der Waals surface area contributed by atoms with Gasteiger partial charge in [0.05, 0.1) is 11.3 Å². The Morgan fingerprint density at radius 1 is 1.38 bits per heavy atom. The number of hydrogen-bond donors (Lipinski definition) is 2. The van der Waals surface area contributed by atoms with E-state index in [9.17, 15) is 9.18 Å². The van der Waals surface area contributed by atoms with Gasteiger partial charge in [0.15, 0.2) is 0 Å². The predicted molar refractivity (Wildman–Crippen MR) is 87.2 cm³/mol. The highest BCUT2D eigenvalue weighted by molar-refractivity contribution is 9.10. The molecule has 0 amide bonds. The first kappa shape index (κ1) is 15.0. The Kier molecular flexibility index (Phi) is 4.61. The lowest BCUT2D eigenvalue weighted by atomic mass is 10.2. The van der Waals surface area contributed by atoms with Gasteiger partial charge >= 0.3 is 0 Å².